The molecule has 0 bridgehead atoms. The first-order valence-electron chi connectivity index (χ1n) is 8.26. The van der Waals surface area contributed by atoms with Crippen molar-refractivity contribution in [3.05, 3.63) is 0 Å². The highest BCUT2D eigenvalue weighted by Crippen LogP contribution is 2.11. The first-order valence-corrected chi connectivity index (χ1v) is 8.26. The van der Waals surface area contributed by atoms with Crippen molar-refractivity contribution < 1.29 is 4.79 Å². The van der Waals surface area contributed by atoms with E-state index in [0.29, 0.717) is 5.91 Å². The maximum absolute atomic E-state index is 11.9. The van der Waals surface area contributed by atoms with E-state index in [2.05, 4.69) is 43.3 Å². The van der Waals surface area contributed by atoms with E-state index in [-0.39, 0.29) is 29.5 Å². The molecular weight excluding hydrogens is 391 g/mol. The lowest BCUT2D eigenvalue weighted by molar-refractivity contribution is -0.130. The molecule has 22 heavy (non-hydrogen) atoms. The summed E-state index contributed by atoms with van der Waals surface area (Å²) < 4.78 is 0. The fourth-order valence-corrected chi connectivity index (χ4v) is 2.39. The van der Waals surface area contributed by atoms with Gasteiger partial charge in [-0.25, -0.2) is 0 Å². The highest BCUT2D eigenvalue weighted by Gasteiger charge is 2.15. The molecule has 0 atom stereocenters. The minimum absolute atomic E-state index is 0. The lowest BCUT2D eigenvalue weighted by Gasteiger charge is -2.24. The van der Waals surface area contributed by atoms with Crippen LogP contribution in [0, 0.1) is 0 Å². The Bertz CT molecular complexity index is 353. The Labute approximate surface area is 152 Å². The van der Waals surface area contributed by atoms with E-state index in [1.54, 1.807) is 0 Å². The Morgan fingerprint density at radius 1 is 1.27 bits per heavy atom. The van der Waals surface area contributed by atoms with Crippen LogP contribution in [0.15, 0.2) is 4.99 Å². The molecule has 5 nitrogen and oxygen atoms in total. The summed E-state index contributed by atoms with van der Waals surface area (Å²) in [5, 5.41) is 6.63. The number of aliphatic imine (C=N–C) groups is 1. The van der Waals surface area contributed by atoms with Crippen molar-refractivity contribution in [3.8, 4) is 0 Å². The first kappa shape index (κ1) is 21.5. The summed E-state index contributed by atoms with van der Waals surface area (Å²) in [6, 6.07) is 0. The zero-order valence-electron chi connectivity index (χ0n) is 14.6. The second-order valence-corrected chi connectivity index (χ2v) is 6.68. The quantitative estimate of drug-likeness (QED) is 0.309. The van der Waals surface area contributed by atoms with Crippen LogP contribution in [0.1, 0.15) is 59.8 Å². The van der Waals surface area contributed by atoms with Gasteiger partial charge in [-0.05, 0) is 47.0 Å². The van der Waals surface area contributed by atoms with Crippen LogP contribution >= 0.6 is 24.0 Å². The van der Waals surface area contributed by atoms with Crippen LogP contribution in [0.3, 0.4) is 0 Å². The van der Waals surface area contributed by atoms with Gasteiger partial charge in [-0.2, -0.15) is 0 Å². The van der Waals surface area contributed by atoms with Gasteiger partial charge in [0.2, 0.25) is 5.91 Å². The normalized spacial score (nSPS) is 16.8. The second-order valence-electron chi connectivity index (χ2n) is 6.68. The monoisotopic (exact) mass is 424 g/mol. The molecule has 0 aromatic rings. The fourth-order valence-electron chi connectivity index (χ4n) is 2.39. The second kappa shape index (κ2) is 11.1. The van der Waals surface area contributed by atoms with E-state index in [1.165, 1.54) is 6.42 Å². The average molecular weight is 424 g/mol. The number of hydrogen-bond acceptors (Lipinski definition) is 2. The molecule has 0 radical (unpaired) electrons. The number of carbonyl (C=O) groups is 1. The number of rotatable bonds is 5. The van der Waals surface area contributed by atoms with Crippen molar-refractivity contribution >= 4 is 35.8 Å². The zero-order valence-corrected chi connectivity index (χ0v) is 16.9. The Morgan fingerprint density at radius 3 is 2.64 bits per heavy atom. The van der Waals surface area contributed by atoms with Gasteiger partial charge in [-0.3, -0.25) is 9.79 Å². The maximum atomic E-state index is 11.9. The summed E-state index contributed by atoms with van der Waals surface area (Å²) in [6.07, 6.45) is 5.02. The fraction of sp³-hybridized carbons (Fsp3) is 0.875. The number of halogens is 1. The largest absolute Gasteiger partial charge is 0.357 e. The molecule has 0 saturated carbocycles. The molecular formula is C16H33IN4O. The molecule has 0 spiro atoms. The molecule has 0 unspecified atom stereocenters. The highest BCUT2D eigenvalue weighted by atomic mass is 127. The van der Waals surface area contributed by atoms with Gasteiger partial charge >= 0.3 is 0 Å². The molecule has 1 fully saturated rings. The van der Waals surface area contributed by atoms with Crippen LogP contribution in [0.4, 0.5) is 0 Å². The smallest absolute Gasteiger partial charge is 0.222 e. The van der Waals surface area contributed by atoms with Gasteiger partial charge in [0.25, 0.3) is 0 Å². The molecule has 1 amide bonds. The topological polar surface area (TPSA) is 56.7 Å². The van der Waals surface area contributed by atoms with Gasteiger partial charge in [0.05, 0.1) is 0 Å². The molecule has 1 heterocycles. The Morgan fingerprint density at radius 2 is 2.00 bits per heavy atom. The van der Waals surface area contributed by atoms with Crippen LogP contribution in [-0.4, -0.2) is 48.5 Å². The summed E-state index contributed by atoms with van der Waals surface area (Å²) in [6.45, 7) is 11.8. The Kier molecular flexibility index (Phi) is 10.8. The Hall–Kier alpha value is -0.530. The van der Waals surface area contributed by atoms with Gasteiger partial charge < -0.3 is 15.5 Å². The van der Waals surface area contributed by atoms with Crippen molar-refractivity contribution in [3.63, 3.8) is 0 Å². The van der Waals surface area contributed by atoms with Crippen LogP contribution in [0.25, 0.3) is 0 Å². The van der Waals surface area contributed by atoms with Crippen LogP contribution in [0.2, 0.25) is 0 Å². The maximum Gasteiger partial charge on any atom is 0.222 e. The van der Waals surface area contributed by atoms with Crippen molar-refractivity contribution in [1.29, 1.82) is 0 Å². The SMILES string of the molecule is CCNC(=NCCCN1CCCCCC1=O)NC(C)(C)C.I. The molecule has 1 aliphatic heterocycles. The lowest BCUT2D eigenvalue weighted by Crippen LogP contribution is -2.47. The number of hydrogen-bond donors (Lipinski definition) is 2. The molecule has 6 heteroatoms. The minimum atomic E-state index is 0. The van der Waals surface area contributed by atoms with Crippen molar-refractivity contribution in [2.24, 2.45) is 4.99 Å². The van der Waals surface area contributed by atoms with Gasteiger partial charge in [-0.1, -0.05) is 6.42 Å². The molecule has 1 saturated heterocycles. The van der Waals surface area contributed by atoms with E-state index >= 15 is 0 Å². The summed E-state index contributed by atoms with van der Waals surface area (Å²) in [5.41, 5.74) is 0.00174. The number of guanidine groups is 1. The first-order chi connectivity index (χ1) is 9.92. The molecule has 1 rings (SSSR count). The third kappa shape index (κ3) is 9.48. The number of nitrogens with one attached hydrogen (secondary N) is 2. The van der Waals surface area contributed by atoms with E-state index in [1.807, 2.05) is 4.90 Å². The Balaban J connectivity index is 0.00000441. The number of amides is 1. The number of nitrogens with zero attached hydrogens (tertiary/aromatic N) is 2. The summed E-state index contributed by atoms with van der Waals surface area (Å²) in [5.74, 6) is 1.17. The van der Waals surface area contributed by atoms with E-state index < -0.39 is 0 Å². The molecule has 2 N–H and O–H groups in total. The van der Waals surface area contributed by atoms with Gasteiger partial charge in [-0.15, -0.1) is 24.0 Å². The van der Waals surface area contributed by atoms with Crippen molar-refractivity contribution in [2.45, 2.75) is 65.3 Å². The summed E-state index contributed by atoms with van der Waals surface area (Å²) >= 11 is 0. The van der Waals surface area contributed by atoms with E-state index in [4.69, 9.17) is 0 Å². The molecule has 1 aliphatic rings. The lowest BCUT2D eigenvalue weighted by atomic mass is 10.1. The predicted octanol–water partition coefficient (Wildman–Crippen LogP) is 2.75. The van der Waals surface area contributed by atoms with Gasteiger partial charge in [0.15, 0.2) is 5.96 Å². The van der Waals surface area contributed by atoms with Crippen LogP contribution < -0.4 is 10.6 Å². The van der Waals surface area contributed by atoms with Gasteiger partial charge in [0, 0.05) is 38.1 Å². The molecule has 130 valence electrons. The predicted molar refractivity (Wildman–Crippen MR) is 104 cm³/mol. The van der Waals surface area contributed by atoms with Crippen molar-refractivity contribution in [1.82, 2.24) is 15.5 Å². The molecule has 0 aromatic carbocycles. The van der Waals surface area contributed by atoms with E-state index in [9.17, 15) is 4.79 Å². The average Bonchev–Trinajstić information content (AvgIpc) is 2.58. The third-order valence-electron chi connectivity index (χ3n) is 3.37. The van der Waals surface area contributed by atoms with Crippen LogP contribution in [-0.2, 0) is 4.79 Å². The minimum Gasteiger partial charge on any atom is -0.357 e. The summed E-state index contributed by atoms with van der Waals surface area (Å²) in [4.78, 5) is 18.5. The standard InChI is InChI=1S/C16H32N4O.HI/c1-5-17-15(19-16(2,3)4)18-11-9-13-20-12-8-6-7-10-14(20)21;/h5-13H2,1-4H3,(H2,17,18,19);1H. The third-order valence-corrected chi connectivity index (χ3v) is 3.37. The summed E-state index contributed by atoms with van der Waals surface area (Å²) in [7, 11) is 0. The van der Waals surface area contributed by atoms with Crippen molar-refractivity contribution in [2.75, 3.05) is 26.2 Å². The number of likely N-dealkylation sites (tertiary alicyclic amines) is 1. The molecule has 0 aromatic heterocycles. The zero-order chi connectivity index (χ0) is 15.7. The van der Waals surface area contributed by atoms with Gasteiger partial charge in [0.1, 0.15) is 0 Å². The van der Waals surface area contributed by atoms with Crippen LogP contribution in [0.5, 0.6) is 0 Å². The number of carbonyl (C=O) groups excluding carboxylic acids is 1. The van der Waals surface area contributed by atoms with E-state index in [0.717, 1.165) is 57.8 Å². The highest BCUT2D eigenvalue weighted by molar-refractivity contribution is 14.0. The molecule has 0 aliphatic carbocycles.